The average Bonchev–Trinajstić information content (AvgIpc) is 2.49. The van der Waals surface area contributed by atoms with Crippen molar-refractivity contribution in [2.45, 2.75) is 32.4 Å². The van der Waals surface area contributed by atoms with E-state index in [4.69, 9.17) is 10.8 Å². The molecule has 1 aromatic rings. The lowest BCUT2D eigenvalue weighted by Crippen LogP contribution is -2.19. The van der Waals surface area contributed by atoms with Crippen molar-refractivity contribution >= 4 is 5.97 Å². The molecule has 3 N–H and O–H groups in total. The fraction of sp³-hybridized carbons (Fsp3) is 0.556. The molecule has 78 valence electrons. The molecule has 0 aliphatic heterocycles. The Morgan fingerprint density at radius 3 is 2.86 bits per heavy atom. The zero-order valence-electron chi connectivity index (χ0n) is 8.34. The maximum atomic E-state index is 10.5. The lowest BCUT2D eigenvalue weighted by molar-refractivity contribution is -0.137. The number of carboxylic acids is 1. The van der Waals surface area contributed by atoms with Gasteiger partial charge in [0.1, 0.15) is 0 Å². The zero-order chi connectivity index (χ0) is 10.7. The fourth-order valence-electron chi connectivity index (χ4n) is 1.33. The van der Waals surface area contributed by atoms with Gasteiger partial charge in [-0.05, 0) is 13.8 Å². The lowest BCUT2D eigenvalue weighted by atomic mass is 10.1. The van der Waals surface area contributed by atoms with Gasteiger partial charge in [-0.25, -0.2) is 4.98 Å². The van der Waals surface area contributed by atoms with Gasteiger partial charge in [-0.15, -0.1) is 0 Å². The number of hydrogen-bond acceptors (Lipinski definition) is 3. The molecule has 5 nitrogen and oxygen atoms in total. The van der Waals surface area contributed by atoms with Crippen LogP contribution in [0.2, 0.25) is 0 Å². The summed E-state index contributed by atoms with van der Waals surface area (Å²) < 4.78 is 1.88. The van der Waals surface area contributed by atoms with E-state index in [1.54, 1.807) is 12.5 Å². The van der Waals surface area contributed by atoms with Crippen LogP contribution < -0.4 is 5.73 Å². The first-order valence-corrected chi connectivity index (χ1v) is 4.51. The van der Waals surface area contributed by atoms with Gasteiger partial charge in [0.05, 0.1) is 24.5 Å². The Morgan fingerprint density at radius 1 is 1.71 bits per heavy atom. The van der Waals surface area contributed by atoms with Crippen LogP contribution in [-0.4, -0.2) is 20.6 Å². The first-order chi connectivity index (χ1) is 6.52. The third kappa shape index (κ3) is 2.32. The third-order valence-electron chi connectivity index (χ3n) is 2.03. The molecule has 5 heteroatoms. The maximum Gasteiger partial charge on any atom is 0.305 e. The van der Waals surface area contributed by atoms with Crippen molar-refractivity contribution < 1.29 is 9.90 Å². The van der Waals surface area contributed by atoms with Crippen LogP contribution in [0.5, 0.6) is 0 Å². The summed E-state index contributed by atoms with van der Waals surface area (Å²) in [5.41, 5.74) is 6.50. The van der Waals surface area contributed by atoms with Gasteiger partial charge in [-0.2, -0.15) is 0 Å². The molecule has 1 atom stereocenters. The molecule has 0 spiro atoms. The Kier molecular flexibility index (Phi) is 3.24. The van der Waals surface area contributed by atoms with Crippen LogP contribution in [0.15, 0.2) is 12.5 Å². The lowest BCUT2D eigenvalue weighted by Gasteiger charge is -2.15. The Hall–Kier alpha value is -1.36. The number of hydrogen-bond donors (Lipinski definition) is 2. The van der Waals surface area contributed by atoms with E-state index in [0.717, 1.165) is 5.69 Å². The number of rotatable bonds is 4. The highest BCUT2D eigenvalue weighted by Crippen LogP contribution is 2.17. The van der Waals surface area contributed by atoms with Crippen LogP contribution in [0.1, 0.15) is 38.0 Å². The number of carbonyl (C=O) groups is 1. The van der Waals surface area contributed by atoms with E-state index >= 15 is 0 Å². The van der Waals surface area contributed by atoms with Crippen LogP contribution in [-0.2, 0) is 4.79 Å². The summed E-state index contributed by atoms with van der Waals surface area (Å²) in [7, 11) is 0. The van der Waals surface area contributed by atoms with Gasteiger partial charge in [0, 0.05) is 12.2 Å². The molecule has 0 fully saturated rings. The van der Waals surface area contributed by atoms with E-state index in [1.165, 1.54) is 0 Å². The summed E-state index contributed by atoms with van der Waals surface area (Å²) in [6, 6.07) is -0.246. The molecular formula is C9H15N3O2. The molecular weight excluding hydrogens is 182 g/mol. The van der Waals surface area contributed by atoms with Crippen LogP contribution in [0.3, 0.4) is 0 Å². The normalized spacial score (nSPS) is 13.1. The molecule has 0 aliphatic carbocycles. The number of nitrogens with two attached hydrogens (primary N) is 1. The molecule has 0 aliphatic rings. The van der Waals surface area contributed by atoms with Gasteiger partial charge in [0.25, 0.3) is 0 Å². The minimum atomic E-state index is -0.894. The molecule has 1 heterocycles. The average molecular weight is 197 g/mol. The van der Waals surface area contributed by atoms with Gasteiger partial charge in [-0.1, -0.05) is 0 Å². The standard InChI is InChI=1S/C9H15N3O2/c1-6(2)12-5-11-4-8(12)7(10)3-9(13)14/h4-7H,3,10H2,1-2H3,(H,13,14)/t7-/m1/s1. The third-order valence-corrected chi connectivity index (χ3v) is 2.03. The van der Waals surface area contributed by atoms with E-state index in [9.17, 15) is 4.79 Å². The van der Waals surface area contributed by atoms with Crippen LogP contribution in [0.25, 0.3) is 0 Å². The minimum Gasteiger partial charge on any atom is -0.481 e. The largest absolute Gasteiger partial charge is 0.481 e. The highest BCUT2D eigenvalue weighted by molar-refractivity contribution is 5.67. The fourth-order valence-corrected chi connectivity index (χ4v) is 1.33. The van der Waals surface area contributed by atoms with Crippen molar-refractivity contribution in [3.8, 4) is 0 Å². The van der Waals surface area contributed by atoms with Crippen molar-refractivity contribution in [1.82, 2.24) is 9.55 Å². The Morgan fingerprint density at radius 2 is 2.36 bits per heavy atom. The molecule has 0 saturated heterocycles. The summed E-state index contributed by atoms with van der Waals surface area (Å²) in [6.07, 6.45) is 3.22. The number of imidazole rings is 1. The van der Waals surface area contributed by atoms with Crippen molar-refractivity contribution in [2.75, 3.05) is 0 Å². The number of aliphatic carboxylic acids is 1. The van der Waals surface area contributed by atoms with Gasteiger partial charge >= 0.3 is 5.97 Å². The number of carboxylic acid groups (broad SMARTS) is 1. The molecule has 0 aromatic carbocycles. The smallest absolute Gasteiger partial charge is 0.305 e. The quantitative estimate of drug-likeness (QED) is 0.752. The van der Waals surface area contributed by atoms with Gasteiger partial charge in [0.2, 0.25) is 0 Å². The van der Waals surface area contributed by atoms with Crippen molar-refractivity contribution in [2.24, 2.45) is 5.73 Å². The summed E-state index contributed by atoms with van der Waals surface area (Å²) in [4.78, 5) is 14.4. The van der Waals surface area contributed by atoms with E-state index in [0.29, 0.717) is 0 Å². The summed E-state index contributed by atoms with van der Waals surface area (Å²) in [5, 5.41) is 8.60. The summed E-state index contributed by atoms with van der Waals surface area (Å²) >= 11 is 0. The number of nitrogens with zero attached hydrogens (tertiary/aromatic N) is 2. The van der Waals surface area contributed by atoms with Gasteiger partial charge in [0.15, 0.2) is 0 Å². The SMILES string of the molecule is CC(C)n1cncc1[C@H](N)CC(=O)O. The van der Waals surface area contributed by atoms with Gasteiger partial charge in [-0.3, -0.25) is 4.79 Å². The highest BCUT2D eigenvalue weighted by atomic mass is 16.4. The van der Waals surface area contributed by atoms with E-state index in [1.807, 2.05) is 18.4 Å². The van der Waals surface area contributed by atoms with Crippen LogP contribution in [0.4, 0.5) is 0 Å². The van der Waals surface area contributed by atoms with Crippen molar-refractivity contribution in [1.29, 1.82) is 0 Å². The highest BCUT2D eigenvalue weighted by Gasteiger charge is 2.15. The molecule has 1 rings (SSSR count). The molecule has 0 amide bonds. The maximum absolute atomic E-state index is 10.5. The second-order valence-corrected chi connectivity index (χ2v) is 3.52. The topological polar surface area (TPSA) is 81.1 Å². The van der Waals surface area contributed by atoms with Gasteiger partial charge < -0.3 is 15.4 Å². The van der Waals surface area contributed by atoms with Crippen LogP contribution >= 0.6 is 0 Å². The second-order valence-electron chi connectivity index (χ2n) is 3.52. The Bertz CT molecular complexity index is 320. The van der Waals surface area contributed by atoms with Crippen molar-refractivity contribution in [3.05, 3.63) is 18.2 Å². The summed E-state index contributed by atoms with van der Waals surface area (Å²) in [5.74, 6) is -0.894. The van der Waals surface area contributed by atoms with Crippen LogP contribution in [0, 0.1) is 0 Å². The summed E-state index contributed by atoms with van der Waals surface area (Å²) in [6.45, 7) is 4.00. The van der Waals surface area contributed by atoms with E-state index in [-0.39, 0.29) is 12.5 Å². The molecule has 14 heavy (non-hydrogen) atoms. The first kappa shape index (κ1) is 10.7. The predicted octanol–water partition coefficient (Wildman–Crippen LogP) is 0.938. The molecule has 1 aromatic heterocycles. The Balaban J connectivity index is 2.83. The zero-order valence-corrected chi connectivity index (χ0v) is 8.34. The molecule has 0 radical (unpaired) electrons. The monoisotopic (exact) mass is 197 g/mol. The van der Waals surface area contributed by atoms with E-state index < -0.39 is 12.0 Å². The minimum absolute atomic E-state index is 0.0710. The van der Waals surface area contributed by atoms with Crippen molar-refractivity contribution in [3.63, 3.8) is 0 Å². The van der Waals surface area contributed by atoms with E-state index in [2.05, 4.69) is 4.98 Å². The second kappa shape index (κ2) is 4.23. The molecule has 0 saturated carbocycles. The molecule has 0 bridgehead atoms. The number of aromatic nitrogens is 2. The first-order valence-electron chi connectivity index (χ1n) is 4.51. The Labute approximate surface area is 82.6 Å². The molecule has 0 unspecified atom stereocenters. The predicted molar refractivity (Wildman–Crippen MR) is 51.8 cm³/mol.